The highest BCUT2D eigenvalue weighted by Gasteiger charge is 2.26. The lowest BCUT2D eigenvalue weighted by molar-refractivity contribution is -0.136. The van der Waals surface area contributed by atoms with Crippen LogP contribution in [0.1, 0.15) is 27.8 Å². The molecule has 8 heteroatoms. The summed E-state index contributed by atoms with van der Waals surface area (Å²) < 4.78 is 16.7. The fourth-order valence-electron chi connectivity index (χ4n) is 4.54. The first-order valence-corrected chi connectivity index (χ1v) is 12.6. The number of fused-ring (bicyclic) bond motifs is 2. The van der Waals surface area contributed by atoms with Gasteiger partial charge >= 0.3 is 17.7 Å². The fraction of sp³-hybridized carbons (Fsp3) is 0.194. The fourth-order valence-corrected chi connectivity index (χ4v) is 4.54. The van der Waals surface area contributed by atoms with E-state index in [1.807, 2.05) is 67.7 Å². The second-order valence-corrected chi connectivity index (χ2v) is 9.45. The summed E-state index contributed by atoms with van der Waals surface area (Å²) in [4.78, 5) is 41.7. The van der Waals surface area contributed by atoms with Crippen molar-refractivity contribution in [1.29, 1.82) is 0 Å². The standard InChI is InChI=1S/C31H28N2O6/c1-18-19(2)29(34)39-28-20(3)27(14-13-23(18)28)38-30(35)26(15-22-16-32-25-12-8-7-11-24(22)25)33-31(36)37-17-21-9-5-4-6-10-21/h4-14,16,26,32H,15,17H2,1-3H3,(H,33,36). The number of aromatic nitrogens is 1. The summed E-state index contributed by atoms with van der Waals surface area (Å²) in [5.41, 5.74) is 4.34. The zero-order valence-corrected chi connectivity index (χ0v) is 21.9. The number of carbonyl (C=O) groups is 2. The SMILES string of the molecule is Cc1c(C)c2ccc(OC(=O)C(Cc3c[nH]c4ccccc34)NC(=O)OCc3ccccc3)c(C)c2oc1=O. The minimum absolute atomic E-state index is 0.0586. The van der Waals surface area contributed by atoms with Gasteiger partial charge in [0.25, 0.3) is 0 Å². The zero-order chi connectivity index (χ0) is 27.5. The van der Waals surface area contributed by atoms with Gasteiger partial charge in [0, 0.05) is 40.0 Å². The van der Waals surface area contributed by atoms with Gasteiger partial charge in [0.2, 0.25) is 0 Å². The molecule has 0 saturated heterocycles. The van der Waals surface area contributed by atoms with Gasteiger partial charge in [-0.25, -0.2) is 14.4 Å². The van der Waals surface area contributed by atoms with Gasteiger partial charge in [0.1, 0.15) is 24.0 Å². The Morgan fingerprint density at radius 2 is 1.64 bits per heavy atom. The number of hydrogen-bond donors (Lipinski definition) is 2. The van der Waals surface area contributed by atoms with Crippen molar-refractivity contribution in [2.24, 2.45) is 0 Å². The third kappa shape index (κ3) is 5.40. The highest BCUT2D eigenvalue weighted by Crippen LogP contribution is 2.30. The highest BCUT2D eigenvalue weighted by molar-refractivity contribution is 5.89. The van der Waals surface area contributed by atoms with Crippen LogP contribution in [-0.4, -0.2) is 23.1 Å². The molecule has 0 aliphatic heterocycles. The van der Waals surface area contributed by atoms with Crippen LogP contribution in [-0.2, 0) is 22.6 Å². The van der Waals surface area contributed by atoms with Crippen molar-refractivity contribution in [2.75, 3.05) is 0 Å². The molecule has 0 fully saturated rings. The molecule has 2 heterocycles. The van der Waals surface area contributed by atoms with Crippen molar-refractivity contribution >= 4 is 33.9 Å². The van der Waals surface area contributed by atoms with Crippen LogP contribution in [0.15, 0.2) is 82.1 Å². The molecule has 8 nitrogen and oxygen atoms in total. The van der Waals surface area contributed by atoms with Crippen LogP contribution in [0.25, 0.3) is 21.9 Å². The van der Waals surface area contributed by atoms with E-state index in [0.29, 0.717) is 16.7 Å². The Kier molecular flexibility index (Phi) is 7.19. The molecule has 0 saturated carbocycles. The van der Waals surface area contributed by atoms with Gasteiger partial charge in [-0.05, 0) is 55.7 Å². The Morgan fingerprint density at radius 1 is 0.897 bits per heavy atom. The number of amides is 1. The molecular formula is C31H28N2O6. The molecule has 198 valence electrons. The molecule has 39 heavy (non-hydrogen) atoms. The number of aryl methyl sites for hydroxylation is 2. The van der Waals surface area contributed by atoms with Crippen LogP contribution in [0, 0.1) is 20.8 Å². The van der Waals surface area contributed by atoms with Crippen LogP contribution in [0.5, 0.6) is 5.75 Å². The number of ether oxygens (including phenoxy) is 2. The van der Waals surface area contributed by atoms with E-state index < -0.39 is 23.7 Å². The van der Waals surface area contributed by atoms with Crippen molar-refractivity contribution < 1.29 is 23.5 Å². The van der Waals surface area contributed by atoms with E-state index in [1.165, 1.54) is 0 Å². The topological polar surface area (TPSA) is 111 Å². The maximum atomic E-state index is 13.5. The van der Waals surface area contributed by atoms with E-state index in [9.17, 15) is 14.4 Å². The van der Waals surface area contributed by atoms with E-state index >= 15 is 0 Å². The molecular weight excluding hydrogens is 496 g/mol. The average Bonchev–Trinajstić information content (AvgIpc) is 3.35. The maximum absolute atomic E-state index is 13.5. The van der Waals surface area contributed by atoms with E-state index in [1.54, 1.807) is 26.0 Å². The van der Waals surface area contributed by atoms with Crippen molar-refractivity contribution in [3.63, 3.8) is 0 Å². The van der Waals surface area contributed by atoms with Gasteiger partial charge in [-0.1, -0.05) is 48.5 Å². The Bertz CT molecular complexity index is 1740. The number of carbonyl (C=O) groups excluding carboxylic acids is 2. The van der Waals surface area contributed by atoms with Gasteiger partial charge in [0.05, 0.1) is 0 Å². The van der Waals surface area contributed by atoms with Crippen molar-refractivity contribution in [1.82, 2.24) is 10.3 Å². The normalized spacial score (nSPS) is 11.9. The highest BCUT2D eigenvalue weighted by atomic mass is 16.6. The molecule has 2 N–H and O–H groups in total. The third-order valence-corrected chi connectivity index (χ3v) is 6.92. The monoisotopic (exact) mass is 524 g/mol. The zero-order valence-electron chi connectivity index (χ0n) is 21.9. The molecule has 5 rings (SSSR count). The lowest BCUT2D eigenvalue weighted by atomic mass is 10.0. The van der Waals surface area contributed by atoms with E-state index in [-0.39, 0.29) is 18.8 Å². The summed E-state index contributed by atoms with van der Waals surface area (Å²) in [7, 11) is 0. The molecule has 1 unspecified atom stereocenters. The largest absolute Gasteiger partial charge is 0.445 e. The third-order valence-electron chi connectivity index (χ3n) is 6.92. The molecule has 0 bridgehead atoms. The summed E-state index contributed by atoms with van der Waals surface area (Å²) in [6.07, 6.45) is 1.24. The second kappa shape index (κ2) is 10.9. The van der Waals surface area contributed by atoms with Crippen LogP contribution in [0.3, 0.4) is 0 Å². The van der Waals surface area contributed by atoms with Crippen LogP contribution >= 0.6 is 0 Å². The molecule has 2 aromatic heterocycles. The Balaban J connectivity index is 1.41. The first-order valence-electron chi connectivity index (χ1n) is 12.6. The molecule has 3 aromatic carbocycles. The number of aromatic amines is 1. The molecule has 0 spiro atoms. The van der Waals surface area contributed by atoms with Crippen molar-refractivity contribution in [3.05, 3.63) is 111 Å². The minimum atomic E-state index is -1.05. The molecule has 0 aliphatic rings. The molecule has 1 atom stereocenters. The Labute approximate surface area is 224 Å². The van der Waals surface area contributed by atoms with E-state index in [0.717, 1.165) is 33.0 Å². The number of rotatable bonds is 7. The predicted molar refractivity (Wildman–Crippen MR) is 148 cm³/mol. The summed E-state index contributed by atoms with van der Waals surface area (Å²) in [5.74, 6) is -0.437. The minimum Gasteiger partial charge on any atom is -0.445 e. The molecule has 5 aromatic rings. The summed E-state index contributed by atoms with van der Waals surface area (Å²) in [5, 5.41) is 4.37. The number of nitrogens with one attached hydrogen (secondary N) is 2. The number of para-hydroxylation sites is 1. The second-order valence-electron chi connectivity index (χ2n) is 9.45. The maximum Gasteiger partial charge on any atom is 0.408 e. The Hall–Kier alpha value is -4.85. The van der Waals surface area contributed by atoms with Crippen LogP contribution in [0.2, 0.25) is 0 Å². The smallest absolute Gasteiger partial charge is 0.408 e. The summed E-state index contributed by atoms with van der Waals surface area (Å²) in [6.45, 7) is 5.34. The average molecular weight is 525 g/mol. The molecule has 0 radical (unpaired) electrons. The number of alkyl carbamates (subject to hydrolysis) is 1. The number of hydrogen-bond acceptors (Lipinski definition) is 6. The lowest BCUT2D eigenvalue weighted by Gasteiger charge is -2.18. The quantitative estimate of drug-likeness (QED) is 0.162. The van der Waals surface area contributed by atoms with Gasteiger partial charge in [0.15, 0.2) is 0 Å². The summed E-state index contributed by atoms with van der Waals surface area (Å²) >= 11 is 0. The van der Waals surface area contributed by atoms with Crippen LogP contribution in [0.4, 0.5) is 4.79 Å². The predicted octanol–water partition coefficient (Wildman–Crippen LogP) is 5.64. The van der Waals surface area contributed by atoms with Crippen molar-refractivity contribution in [3.8, 4) is 5.75 Å². The van der Waals surface area contributed by atoms with Gasteiger partial charge in [-0.15, -0.1) is 0 Å². The molecule has 1 amide bonds. The number of benzene rings is 3. The lowest BCUT2D eigenvalue weighted by Crippen LogP contribution is -2.44. The van der Waals surface area contributed by atoms with Gasteiger partial charge in [-0.2, -0.15) is 0 Å². The number of esters is 1. The van der Waals surface area contributed by atoms with E-state index in [4.69, 9.17) is 13.9 Å². The van der Waals surface area contributed by atoms with E-state index in [2.05, 4.69) is 10.3 Å². The van der Waals surface area contributed by atoms with Crippen LogP contribution < -0.4 is 15.7 Å². The summed E-state index contributed by atoms with van der Waals surface area (Å²) in [6, 6.07) is 19.3. The molecule has 0 aliphatic carbocycles. The van der Waals surface area contributed by atoms with Gasteiger partial charge in [-0.3, -0.25) is 0 Å². The number of H-pyrrole nitrogens is 1. The van der Waals surface area contributed by atoms with Crippen molar-refractivity contribution in [2.45, 2.75) is 39.8 Å². The first-order chi connectivity index (χ1) is 18.8. The first kappa shape index (κ1) is 25.8. The Morgan fingerprint density at radius 3 is 2.44 bits per heavy atom. The van der Waals surface area contributed by atoms with Gasteiger partial charge < -0.3 is 24.2 Å².